The molecule has 0 fully saturated rings. The first-order chi connectivity index (χ1) is 10.9. The molecule has 2 heterocycles. The maximum atomic E-state index is 12.7. The Morgan fingerprint density at radius 3 is 2.52 bits per heavy atom. The van der Waals surface area contributed by atoms with Crippen molar-refractivity contribution in [2.75, 3.05) is 0 Å². The van der Waals surface area contributed by atoms with Gasteiger partial charge in [-0.2, -0.15) is 0 Å². The van der Waals surface area contributed by atoms with Gasteiger partial charge in [-0.05, 0) is 24.3 Å². The molecule has 0 radical (unpaired) electrons. The van der Waals surface area contributed by atoms with Crippen molar-refractivity contribution in [1.29, 1.82) is 0 Å². The molecule has 2 aromatic heterocycles. The number of thiazole rings is 1. The summed E-state index contributed by atoms with van der Waals surface area (Å²) in [5.41, 5.74) is 2.68. The minimum atomic E-state index is -3.64. The summed E-state index contributed by atoms with van der Waals surface area (Å²) >= 11 is 1.11. The van der Waals surface area contributed by atoms with Gasteiger partial charge in [-0.25, -0.2) is 18.1 Å². The zero-order valence-electron chi connectivity index (χ0n) is 12.8. The van der Waals surface area contributed by atoms with Gasteiger partial charge in [-0.15, -0.1) is 16.4 Å². The van der Waals surface area contributed by atoms with Gasteiger partial charge >= 0.3 is 0 Å². The molecule has 7 nitrogen and oxygen atoms in total. The van der Waals surface area contributed by atoms with Gasteiger partial charge in [-0.3, -0.25) is 0 Å². The lowest BCUT2D eigenvalue weighted by Crippen LogP contribution is -2.15. The molecule has 0 aliphatic rings. The second-order valence-corrected chi connectivity index (χ2v) is 8.51. The Kier molecular flexibility index (Phi) is 3.99. The van der Waals surface area contributed by atoms with Crippen LogP contribution in [-0.2, 0) is 16.9 Å². The lowest BCUT2D eigenvalue weighted by molar-refractivity contribution is 0.576. The van der Waals surface area contributed by atoms with E-state index in [2.05, 4.69) is 20.5 Å². The maximum Gasteiger partial charge on any atom is 0.215 e. The second-order valence-electron chi connectivity index (χ2n) is 5.21. The highest BCUT2D eigenvalue weighted by atomic mass is 32.2. The summed E-state index contributed by atoms with van der Waals surface area (Å²) in [4.78, 5) is 4.30. The molecule has 0 aliphatic carbocycles. The van der Waals surface area contributed by atoms with Crippen molar-refractivity contribution in [3.05, 3.63) is 41.0 Å². The molecule has 3 aromatic rings. The Balaban J connectivity index is 1.96. The number of hydrogen-bond donors (Lipinski definition) is 0. The molecule has 0 saturated carbocycles. The first-order valence-electron chi connectivity index (χ1n) is 6.88. The van der Waals surface area contributed by atoms with E-state index >= 15 is 0 Å². The van der Waals surface area contributed by atoms with Gasteiger partial charge in [0.05, 0.1) is 5.69 Å². The van der Waals surface area contributed by atoms with Crippen molar-refractivity contribution >= 4 is 21.2 Å². The van der Waals surface area contributed by atoms with Crippen LogP contribution in [0.15, 0.2) is 34.0 Å². The van der Waals surface area contributed by atoms with Crippen molar-refractivity contribution < 1.29 is 8.42 Å². The third-order valence-corrected chi connectivity index (χ3v) is 6.90. The molecule has 0 aliphatic heterocycles. The quantitative estimate of drug-likeness (QED) is 0.717. The highest BCUT2D eigenvalue weighted by Gasteiger charge is 2.31. The summed E-state index contributed by atoms with van der Waals surface area (Å²) in [5, 5.41) is 11.8. The molecule has 0 N–H and O–H groups in total. The van der Waals surface area contributed by atoms with E-state index in [9.17, 15) is 8.42 Å². The van der Waals surface area contributed by atoms with Gasteiger partial charge in [0, 0.05) is 18.0 Å². The fourth-order valence-electron chi connectivity index (χ4n) is 2.12. The number of tetrazole rings is 1. The number of aromatic nitrogens is 5. The second kappa shape index (κ2) is 5.82. The van der Waals surface area contributed by atoms with Crippen LogP contribution < -0.4 is 0 Å². The fraction of sp³-hybridized carbons (Fsp3) is 0.286. The minimum Gasteiger partial charge on any atom is -0.231 e. The molecular formula is C14H15N5O2S2. The van der Waals surface area contributed by atoms with Crippen LogP contribution in [0.4, 0.5) is 0 Å². The van der Waals surface area contributed by atoms with Crippen molar-refractivity contribution in [2.45, 2.75) is 23.4 Å². The minimum absolute atomic E-state index is 0.0728. The molecule has 1 atom stereocenters. The summed E-state index contributed by atoms with van der Waals surface area (Å²) in [6.07, 6.45) is 0. The van der Waals surface area contributed by atoms with Crippen molar-refractivity contribution in [3.8, 4) is 11.3 Å². The number of hydrogen-bond acceptors (Lipinski definition) is 7. The molecule has 0 bridgehead atoms. The van der Waals surface area contributed by atoms with E-state index in [1.54, 1.807) is 19.4 Å². The van der Waals surface area contributed by atoms with Gasteiger partial charge in [-0.1, -0.05) is 29.8 Å². The predicted octanol–water partition coefficient (Wildman–Crippen LogP) is 2.18. The third-order valence-electron chi connectivity index (χ3n) is 3.56. The van der Waals surface area contributed by atoms with E-state index in [0.29, 0.717) is 5.69 Å². The van der Waals surface area contributed by atoms with Crippen LogP contribution in [0.3, 0.4) is 0 Å². The predicted molar refractivity (Wildman–Crippen MR) is 86.7 cm³/mol. The number of aryl methyl sites for hydroxylation is 2. The van der Waals surface area contributed by atoms with Crippen LogP contribution in [0.25, 0.3) is 11.3 Å². The summed E-state index contributed by atoms with van der Waals surface area (Å²) in [6, 6.07) is 7.79. The average molecular weight is 349 g/mol. The summed E-state index contributed by atoms with van der Waals surface area (Å²) in [6.45, 7) is 3.56. The summed E-state index contributed by atoms with van der Waals surface area (Å²) < 4.78 is 26.9. The topological polar surface area (TPSA) is 90.6 Å². The largest absolute Gasteiger partial charge is 0.231 e. The van der Waals surface area contributed by atoms with E-state index in [1.807, 2.05) is 31.2 Å². The van der Waals surface area contributed by atoms with Crippen molar-refractivity contribution in [3.63, 3.8) is 0 Å². The Bertz CT molecular complexity index is 928. The van der Waals surface area contributed by atoms with Crippen LogP contribution in [0.1, 0.15) is 23.6 Å². The molecule has 120 valence electrons. The van der Waals surface area contributed by atoms with Crippen LogP contribution in [-0.4, -0.2) is 33.6 Å². The standard InChI is InChI=1S/C14H15N5O2S2/c1-9-4-6-11(7-5-9)12-8-22-14(15-12)23(20,21)10(2)13-16-17-18-19(13)3/h4-8,10H,1-3H3/t10-/m1/s1. The molecule has 9 heteroatoms. The van der Waals surface area contributed by atoms with Gasteiger partial charge < -0.3 is 0 Å². The van der Waals surface area contributed by atoms with Gasteiger partial charge in [0.1, 0.15) is 5.25 Å². The normalized spacial score (nSPS) is 13.2. The molecule has 0 spiro atoms. The van der Waals surface area contributed by atoms with E-state index in [-0.39, 0.29) is 10.2 Å². The van der Waals surface area contributed by atoms with Gasteiger partial charge in [0.15, 0.2) is 5.82 Å². The molecule has 0 amide bonds. The monoisotopic (exact) mass is 349 g/mol. The maximum absolute atomic E-state index is 12.7. The Hall–Kier alpha value is -2.13. The third kappa shape index (κ3) is 2.89. The van der Waals surface area contributed by atoms with Crippen LogP contribution in [0, 0.1) is 6.92 Å². The molecule has 0 saturated heterocycles. The van der Waals surface area contributed by atoms with Crippen LogP contribution in [0.5, 0.6) is 0 Å². The van der Waals surface area contributed by atoms with E-state index in [4.69, 9.17) is 0 Å². The summed E-state index contributed by atoms with van der Waals surface area (Å²) in [7, 11) is -2.02. The van der Waals surface area contributed by atoms with Crippen LogP contribution in [0.2, 0.25) is 0 Å². The fourth-order valence-corrected chi connectivity index (χ4v) is 4.79. The van der Waals surface area contributed by atoms with Gasteiger partial charge in [0.25, 0.3) is 0 Å². The van der Waals surface area contributed by atoms with Crippen LogP contribution >= 0.6 is 11.3 Å². The Morgan fingerprint density at radius 2 is 1.91 bits per heavy atom. The van der Waals surface area contributed by atoms with Crippen molar-refractivity contribution in [2.24, 2.45) is 7.05 Å². The highest BCUT2D eigenvalue weighted by molar-refractivity contribution is 7.93. The molecule has 1 aromatic carbocycles. The average Bonchev–Trinajstić information content (AvgIpc) is 3.16. The number of sulfone groups is 1. The first-order valence-corrected chi connectivity index (χ1v) is 9.31. The first kappa shape index (κ1) is 15.8. The molecule has 3 rings (SSSR count). The molecular weight excluding hydrogens is 334 g/mol. The molecule has 0 unspecified atom stereocenters. The zero-order valence-corrected chi connectivity index (χ0v) is 14.5. The lowest BCUT2D eigenvalue weighted by Gasteiger charge is -2.08. The zero-order chi connectivity index (χ0) is 16.6. The molecule has 23 heavy (non-hydrogen) atoms. The van der Waals surface area contributed by atoms with E-state index < -0.39 is 15.1 Å². The van der Waals surface area contributed by atoms with E-state index in [1.165, 1.54) is 4.68 Å². The Labute approximate surface area is 137 Å². The lowest BCUT2D eigenvalue weighted by atomic mass is 10.1. The SMILES string of the molecule is Cc1ccc(-c2csc(S(=O)(=O)[C@H](C)c3nnnn3C)n2)cc1. The summed E-state index contributed by atoms with van der Waals surface area (Å²) in [5.74, 6) is 0.289. The van der Waals surface area contributed by atoms with Gasteiger partial charge in [0.2, 0.25) is 14.2 Å². The smallest absolute Gasteiger partial charge is 0.215 e. The highest BCUT2D eigenvalue weighted by Crippen LogP contribution is 2.31. The number of benzene rings is 1. The number of nitrogens with zero attached hydrogens (tertiary/aromatic N) is 5. The Morgan fingerprint density at radius 1 is 1.22 bits per heavy atom. The number of rotatable bonds is 4. The van der Waals surface area contributed by atoms with E-state index in [0.717, 1.165) is 22.5 Å². The van der Waals surface area contributed by atoms with Crippen molar-refractivity contribution in [1.82, 2.24) is 25.2 Å².